The van der Waals surface area contributed by atoms with Crippen LogP contribution in [-0.4, -0.2) is 66.3 Å². The van der Waals surface area contributed by atoms with Gasteiger partial charge >= 0.3 is 5.97 Å². The van der Waals surface area contributed by atoms with Gasteiger partial charge in [0.2, 0.25) is 0 Å². The number of nitrogens with zero attached hydrogens (tertiary/aromatic N) is 3. The highest BCUT2D eigenvalue weighted by Gasteiger charge is 2.25. The molecule has 0 saturated carbocycles. The number of aromatic nitrogens is 2. The number of rotatable bonds is 6. The van der Waals surface area contributed by atoms with Crippen LogP contribution in [0.4, 0.5) is 5.82 Å². The van der Waals surface area contributed by atoms with Crippen molar-refractivity contribution in [2.45, 2.75) is 39.2 Å². The van der Waals surface area contributed by atoms with E-state index < -0.39 is 0 Å². The average Bonchev–Trinajstić information content (AvgIpc) is 3.32. The van der Waals surface area contributed by atoms with Gasteiger partial charge in [0.1, 0.15) is 21.9 Å². The van der Waals surface area contributed by atoms with Gasteiger partial charge in [-0.05, 0) is 44.6 Å². The van der Waals surface area contributed by atoms with Crippen molar-refractivity contribution in [1.82, 2.24) is 14.9 Å². The van der Waals surface area contributed by atoms with E-state index in [0.717, 1.165) is 67.3 Å². The van der Waals surface area contributed by atoms with Crippen molar-refractivity contribution >= 4 is 33.3 Å². The Morgan fingerprint density at radius 3 is 2.89 bits per heavy atom. The Bertz CT molecular complexity index is 826. The van der Waals surface area contributed by atoms with Gasteiger partial charge in [-0.3, -0.25) is 0 Å². The first-order chi connectivity index (χ1) is 13.7. The minimum atomic E-state index is -0.279. The number of anilines is 1. The number of likely N-dealkylation sites (tertiary alicyclic amines) is 1. The molecule has 2 fully saturated rings. The minimum Gasteiger partial charge on any atom is -0.462 e. The molecule has 1 unspecified atom stereocenters. The highest BCUT2D eigenvalue weighted by atomic mass is 32.1. The second-order valence-corrected chi connectivity index (χ2v) is 8.63. The van der Waals surface area contributed by atoms with Crippen molar-refractivity contribution in [2.24, 2.45) is 5.92 Å². The molecule has 0 aliphatic carbocycles. The molecular weight excluding hydrogens is 376 g/mol. The summed E-state index contributed by atoms with van der Waals surface area (Å²) in [7, 11) is 0. The number of ether oxygens (including phenoxy) is 2. The first kappa shape index (κ1) is 19.5. The Kier molecular flexibility index (Phi) is 6.08. The van der Waals surface area contributed by atoms with E-state index in [4.69, 9.17) is 9.47 Å². The molecule has 2 aliphatic heterocycles. The Balaban J connectivity index is 1.43. The number of piperidine rings is 1. The number of thiophene rings is 1. The zero-order valence-electron chi connectivity index (χ0n) is 16.6. The SMILES string of the molecule is CCOC(=O)c1sc2ncnc(NC3CCN(CC4CCOC4)CC3)c2c1C. The molecule has 0 amide bonds. The molecular formula is C20H28N4O3S. The summed E-state index contributed by atoms with van der Waals surface area (Å²) in [5, 5.41) is 4.56. The van der Waals surface area contributed by atoms with Crippen molar-refractivity contribution in [3.05, 3.63) is 16.8 Å². The normalized spacial score (nSPS) is 21.3. The van der Waals surface area contributed by atoms with Crippen LogP contribution >= 0.6 is 11.3 Å². The van der Waals surface area contributed by atoms with E-state index in [1.165, 1.54) is 17.8 Å². The monoisotopic (exact) mass is 404 g/mol. The molecule has 152 valence electrons. The molecule has 4 heterocycles. The summed E-state index contributed by atoms with van der Waals surface area (Å²) in [5.41, 5.74) is 0.903. The molecule has 28 heavy (non-hydrogen) atoms. The quantitative estimate of drug-likeness (QED) is 0.742. The summed E-state index contributed by atoms with van der Waals surface area (Å²) in [6, 6.07) is 0.388. The van der Waals surface area contributed by atoms with Gasteiger partial charge in [0, 0.05) is 32.3 Å². The third kappa shape index (κ3) is 4.14. The largest absolute Gasteiger partial charge is 0.462 e. The maximum Gasteiger partial charge on any atom is 0.348 e. The van der Waals surface area contributed by atoms with Crippen LogP contribution in [-0.2, 0) is 9.47 Å². The lowest BCUT2D eigenvalue weighted by atomic mass is 10.0. The maximum absolute atomic E-state index is 12.2. The molecule has 1 N–H and O–H groups in total. The number of esters is 1. The number of hydrogen-bond donors (Lipinski definition) is 1. The average molecular weight is 405 g/mol. The fourth-order valence-electron chi connectivity index (χ4n) is 4.12. The molecule has 0 spiro atoms. The van der Waals surface area contributed by atoms with Gasteiger partial charge in [-0.15, -0.1) is 11.3 Å². The minimum absolute atomic E-state index is 0.279. The summed E-state index contributed by atoms with van der Waals surface area (Å²) >= 11 is 1.38. The van der Waals surface area contributed by atoms with Crippen LogP contribution in [0.1, 0.15) is 41.4 Å². The van der Waals surface area contributed by atoms with E-state index in [9.17, 15) is 4.79 Å². The zero-order chi connectivity index (χ0) is 19.5. The van der Waals surface area contributed by atoms with Gasteiger partial charge in [-0.1, -0.05) is 0 Å². The van der Waals surface area contributed by atoms with Crippen LogP contribution in [0.3, 0.4) is 0 Å². The van der Waals surface area contributed by atoms with E-state index in [1.807, 2.05) is 13.8 Å². The van der Waals surface area contributed by atoms with Gasteiger partial charge < -0.3 is 19.7 Å². The molecule has 2 aromatic rings. The van der Waals surface area contributed by atoms with E-state index in [2.05, 4.69) is 20.2 Å². The highest BCUT2D eigenvalue weighted by Crippen LogP contribution is 2.34. The third-order valence-corrected chi connectivity index (χ3v) is 6.84. The summed E-state index contributed by atoms with van der Waals surface area (Å²) in [4.78, 5) is 25.1. The van der Waals surface area contributed by atoms with Crippen molar-refractivity contribution in [1.29, 1.82) is 0 Å². The van der Waals surface area contributed by atoms with Crippen LogP contribution < -0.4 is 5.32 Å². The summed E-state index contributed by atoms with van der Waals surface area (Å²) in [5.74, 6) is 1.25. The Labute approximate surface area is 169 Å². The van der Waals surface area contributed by atoms with Gasteiger partial charge in [0.15, 0.2) is 0 Å². The molecule has 4 rings (SSSR count). The smallest absolute Gasteiger partial charge is 0.348 e. The van der Waals surface area contributed by atoms with Crippen LogP contribution in [0.2, 0.25) is 0 Å². The molecule has 2 aliphatic rings. The predicted molar refractivity (Wildman–Crippen MR) is 110 cm³/mol. The van der Waals surface area contributed by atoms with E-state index >= 15 is 0 Å². The predicted octanol–water partition coefficient (Wildman–Crippen LogP) is 3.09. The number of carbonyl (C=O) groups is 1. The lowest BCUT2D eigenvalue weighted by molar-refractivity contribution is 0.0531. The van der Waals surface area contributed by atoms with Crippen LogP contribution in [0.5, 0.6) is 0 Å². The van der Waals surface area contributed by atoms with Crippen molar-refractivity contribution in [2.75, 3.05) is 44.8 Å². The fourth-order valence-corrected chi connectivity index (χ4v) is 5.16. The van der Waals surface area contributed by atoms with E-state index in [-0.39, 0.29) is 5.97 Å². The van der Waals surface area contributed by atoms with E-state index in [0.29, 0.717) is 23.4 Å². The van der Waals surface area contributed by atoms with Gasteiger partial charge in [-0.25, -0.2) is 14.8 Å². The van der Waals surface area contributed by atoms with Crippen LogP contribution in [0.15, 0.2) is 6.33 Å². The lowest BCUT2D eigenvalue weighted by Gasteiger charge is -2.33. The summed E-state index contributed by atoms with van der Waals surface area (Å²) < 4.78 is 10.7. The zero-order valence-corrected chi connectivity index (χ0v) is 17.4. The molecule has 8 heteroatoms. The van der Waals surface area contributed by atoms with Crippen LogP contribution in [0, 0.1) is 12.8 Å². The van der Waals surface area contributed by atoms with Gasteiger partial charge in [-0.2, -0.15) is 0 Å². The van der Waals surface area contributed by atoms with Crippen molar-refractivity contribution in [3.63, 3.8) is 0 Å². The summed E-state index contributed by atoms with van der Waals surface area (Å²) in [6.07, 6.45) is 4.95. The van der Waals surface area contributed by atoms with Crippen LogP contribution in [0.25, 0.3) is 10.2 Å². The number of hydrogen-bond acceptors (Lipinski definition) is 8. The standard InChI is InChI=1S/C20H28N4O3S/c1-3-27-20(25)17-13(2)16-18(21-12-22-19(16)28-17)23-15-4-7-24(8-5-15)10-14-6-9-26-11-14/h12,14-15H,3-11H2,1-2H3,(H,21,22,23). The Morgan fingerprint density at radius 1 is 1.36 bits per heavy atom. The fraction of sp³-hybridized carbons (Fsp3) is 0.650. The van der Waals surface area contributed by atoms with Crippen molar-refractivity contribution < 1.29 is 14.3 Å². The molecule has 1 atom stereocenters. The first-order valence-electron chi connectivity index (χ1n) is 10.1. The topological polar surface area (TPSA) is 76.6 Å². The third-order valence-electron chi connectivity index (χ3n) is 5.66. The van der Waals surface area contributed by atoms with Gasteiger partial charge in [0.05, 0.1) is 18.6 Å². The maximum atomic E-state index is 12.2. The number of carbonyl (C=O) groups excluding carboxylic acids is 1. The Hall–Kier alpha value is -1.77. The van der Waals surface area contributed by atoms with E-state index in [1.54, 1.807) is 6.33 Å². The molecule has 7 nitrogen and oxygen atoms in total. The molecule has 2 saturated heterocycles. The first-order valence-corrected chi connectivity index (χ1v) is 10.9. The lowest BCUT2D eigenvalue weighted by Crippen LogP contribution is -2.41. The number of fused-ring (bicyclic) bond motifs is 1. The molecule has 0 radical (unpaired) electrons. The highest BCUT2D eigenvalue weighted by molar-refractivity contribution is 7.20. The second kappa shape index (κ2) is 8.71. The summed E-state index contributed by atoms with van der Waals surface area (Å²) in [6.45, 7) is 9.31. The molecule has 2 aromatic heterocycles. The number of nitrogens with one attached hydrogen (secondary N) is 1. The number of aryl methyl sites for hydroxylation is 1. The second-order valence-electron chi connectivity index (χ2n) is 7.63. The van der Waals surface area contributed by atoms with Crippen molar-refractivity contribution in [3.8, 4) is 0 Å². The van der Waals surface area contributed by atoms with Gasteiger partial charge in [0.25, 0.3) is 0 Å². The molecule has 0 bridgehead atoms. The molecule has 0 aromatic carbocycles. The Morgan fingerprint density at radius 2 is 2.18 bits per heavy atom.